The summed E-state index contributed by atoms with van der Waals surface area (Å²) in [5, 5.41) is 15.2. The fourth-order valence-corrected chi connectivity index (χ4v) is 4.35. The number of halogens is 2. The molecule has 0 aliphatic carbocycles. The number of thiophene rings is 1. The van der Waals surface area contributed by atoms with E-state index in [0.29, 0.717) is 5.52 Å². The van der Waals surface area contributed by atoms with Crippen LogP contribution in [0.1, 0.15) is 25.6 Å². The smallest absolute Gasteiger partial charge is 0.349 e. The molecular weight excluding hydrogens is 526 g/mol. The van der Waals surface area contributed by atoms with Crippen LogP contribution in [0, 0.1) is 11.6 Å². The number of carboxylic acids is 1. The molecule has 3 N–H and O–H groups in total. The number of urea groups is 1. The van der Waals surface area contributed by atoms with Gasteiger partial charge < -0.3 is 30.0 Å². The zero-order valence-corrected chi connectivity index (χ0v) is 20.5. The molecule has 0 saturated carbocycles. The van der Waals surface area contributed by atoms with Crippen LogP contribution in [0.4, 0.5) is 25.0 Å². The first-order chi connectivity index (χ1) is 18.2. The number of amides is 2. The number of carbonyl (C=O) groups is 3. The molecule has 11 nitrogen and oxygen atoms in total. The highest BCUT2D eigenvalue weighted by Gasteiger charge is 2.25. The highest BCUT2D eigenvalue weighted by atomic mass is 32.1. The number of anilines is 2. The third kappa shape index (κ3) is 5.29. The average molecular weight is 544 g/mol. The van der Waals surface area contributed by atoms with Gasteiger partial charge in [0.05, 0.1) is 42.2 Å². The van der Waals surface area contributed by atoms with E-state index in [2.05, 4.69) is 25.3 Å². The van der Waals surface area contributed by atoms with Crippen molar-refractivity contribution in [2.45, 2.75) is 6.61 Å². The largest absolute Gasteiger partial charge is 0.493 e. The Bertz CT molecular complexity index is 1560. The summed E-state index contributed by atoms with van der Waals surface area (Å²) in [6, 6.07) is 3.75. The zero-order chi connectivity index (χ0) is 27.4. The van der Waals surface area contributed by atoms with Gasteiger partial charge >= 0.3 is 18.0 Å². The summed E-state index contributed by atoms with van der Waals surface area (Å²) < 4.78 is 44.6. The molecule has 0 spiro atoms. The molecule has 0 atom stereocenters. The second kappa shape index (κ2) is 11.0. The molecule has 2 heterocycles. The minimum absolute atomic E-state index is 0.0285. The fraction of sp³-hybridized carbons (Fsp3) is 0.125. The predicted molar refractivity (Wildman–Crippen MR) is 132 cm³/mol. The summed E-state index contributed by atoms with van der Waals surface area (Å²) in [6.07, 6.45) is 2.87. The number of carboxylic acid groups (broad SMARTS) is 1. The lowest BCUT2D eigenvalue weighted by molar-refractivity contribution is 0.0589. The van der Waals surface area contributed by atoms with Crippen molar-refractivity contribution in [2.75, 3.05) is 24.9 Å². The van der Waals surface area contributed by atoms with E-state index in [1.165, 1.54) is 37.0 Å². The number of ether oxygens (including phenoxy) is 3. The number of nitrogens with zero attached hydrogens (tertiary/aromatic N) is 2. The monoisotopic (exact) mass is 544 g/mol. The van der Waals surface area contributed by atoms with Crippen molar-refractivity contribution < 1.29 is 42.5 Å². The topological polar surface area (TPSA) is 149 Å². The number of esters is 1. The number of methoxy groups -OCH3 is 2. The number of benzene rings is 2. The number of aromatic nitrogens is 2. The number of carbonyl (C=O) groups excluding carboxylic acids is 2. The second-order valence-electron chi connectivity index (χ2n) is 7.45. The highest BCUT2D eigenvalue weighted by molar-refractivity contribution is 7.13. The van der Waals surface area contributed by atoms with Crippen LogP contribution < -0.4 is 20.1 Å². The minimum atomic E-state index is -1.47. The summed E-state index contributed by atoms with van der Waals surface area (Å²) >= 11 is 0.754. The molecule has 2 aromatic carbocycles. The van der Waals surface area contributed by atoms with Gasteiger partial charge in [0, 0.05) is 29.9 Å². The fourth-order valence-electron chi connectivity index (χ4n) is 3.44. The Hall–Kier alpha value is -4.85. The van der Waals surface area contributed by atoms with Crippen molar-refractivity contribution in [3.05, 3.63) is 69.7 Å². The summed E-state index contributed by atoms with van der Waals surface area (Å²) in [6.45, 7) is -0.317. The molecule has 2 amide bonds. The lowest BCUT2D eigenvalue weighted by atomic mass is 10.1. The number of aromatic carboxylic acids is 1. The van der Waals surface area contributed by atoms with E-state index in [1.807, 2.05) is 0 Å². The molecule has 2 aromatic heterocycles. The molecule has 0 bridgehead atoms. The van der Waals surface area contributed by atoms with Crippen LogP contribution in [-0.2, 0) is 11.3 Å². The van der Waals surface area contributed by atoms with Crippen molar-refractivity contribution in [3.63, 3.8) is 0 Å². The maximum atomic E-state index is 14.7. The number of rotatable bonds is 8. The molecule has 0 saturated heterocycles. The van der Waals surface area contributed by atoms with Crippen LogP contribution in [0.25, 0.3) is 11.0 Å². The summed E-state index contributed by atoms with van der Waals surface area (Å²) in [4.78, 5) is 44.0. The number of fused-ring (bicyclic) bond motifs is 1. The minimum Gasteiger partial charge on any atom is -0.493 e. The Morgan fingerprint density at radius 1 is 1.00 bits per heavy atom. The molecule has 0 aliphatic rings. The van der Waals surface area contributed by atoms with Crippen LogP contribution in [0.15, 0.2) is 42.0 Å². The molecule has 0 radical (unpaired) electrons. The molecule has 38 heavy (non-hydrogen) atoms. The Balaban J connectivity index is 1.57. The highest BCUT2D eigenvalue weighted by Crippen LogP contribution is 2.34. The second-order valence-corrected chi connectivity index (χ2v) is 8.33. The van der Waals surface area contributed by atoms with Gasteiger partial charge in [0.2, 0.25) is 0 Å². The number of hydrogen-bond donors (Lipinski definition) is 3. The third-order valence-corrected chi connectivity index (χ3v) is 6.15. The van der Waals surface area contributed by atoms with Gasteiger partial charge in [-0.2, -0.15) is 0 Å². The predicted octanol–water partition coefficient (Wildman–Crippen LogP) is 4.69. The Morgan fingerprint density at radius 3 is 2.45 bits per heavy atom. The van der Waals surface area contributed by atoms with E-state index in [-0.39, 0.29) is 45.4 Å². The summed E-state index contributed by atoms with van der Waals surface area (Å²) in [5.74, 6) is -3.91. The molecule has 4 aromatic rings. The van der Waals surface area contributed by atoms with E-state index < -0.39 is 35.2 Å². The lowest BCUT2D eigenvalue weighted by Gasteiger charge is -2.15. The van der Waals surface area contributed by atoms with Crippen molar-refractivity contribution in [1.82, 2.24) is 9.97 Å². The lowest BCUT2D eigenvalue weighted by Crippen LogP contribution is -2.21. The average Bonchev–Trinajstić information content (AvgIpc) is 3.32. The molecule has 0 aliphatic heterocycles. The summed E-state index contributed by atoms with van der Waals surface area (Å²) in [7, 11) is 2.36. The van der Waals surface area contributed by atoms with Crippen LogP contribution in [0.5, 0.6) is 11.5 Å². The zero-order valence-electron chi connectivity index (χ0n) is 19.7. The van der Waals surface area contributed by atoms with Crippen LogP contribution in [0.2, 0.25) is 0 Å². The molecule has 14 heteroatoms. The standard InChI is InChI=1S/C24H18F2N4O7S/c1-35-17-7-13(26)15(29-24(34)30-16-10-38-21(23(33)36-2)19(16)22(31)32)8-18(17)37-9-11-12(25)3-4-14-20(11)28-6-5-27-14/h3-8,10H,9H2,1-2H3,(H,31,32)(H2,29,30,34). The van der Waals surface area contributed by atoms with E-state index in [4.69, 9.17) is 9.47 Å². The van der Waals surface area contributed by atoms with Crippen molar-refractivity contribution >= 4 is 51.7 Å². The van der Waals surface area contributed by atoms with E-state index in [9.17, 15) is 28.3 Å². The first kappa shape index (κ1) is 26.2. The van der Waals surface area contributed by atoms with Gasteiger partial charge in [0.15, 0.2) is 17.3 Å². The first-order valence-corrected chi connectivity index (χ1v) is 11.5. The Labute approximate surface area is 217 Å². The van der Waals surface area contributed by atoms with E-state index in [1.54, 1.807) is 0 Å². The summed E-state index contributed by atoms with van der Waals surface area (Å²) in [5.41, 5.74) is -0.189. The molecule has 4 rings (SSSR count). The van der Waals surface area contributed by atoms with Gasteiger partial charge in [-0.05, 0) is 12.1 Å². The van der Waals surface area contributed by atoms with Crippen LogP contribution >= 0.6 is 11.3 Å². The van der Waals surface area contributed by atoms with Crippen molar-refractivity contribution in [3.8, 4) is 11.5 Å². The molecule has 0 fully saturated rings. The number of nitrogens with one attached hydrogen (secondary N) is 2. The number of hydrogen-bond acceptors (Lipinski definition) is 9. The van der Waals surface area contributed by atoms with Gasteiger partial charge in [-0.1, -0.05) is 0 Å². The van der Waals surface area contributed by atoms with Gasteiger partial charge in [-0.15, -0.1) is 11.3 Å². The quantitative estimate of drug-likeness (QED) is 0.269. The van der Waals surface area contributed by atoms with Gasteiger partial charge in [-0.25, -0.2) is 23.2 Å². The Kier molecular flexibility index (Phi) is 7.62. The molecule has 0 unspecified atom stereocenters. The normalized spacial score (nSPS) is 10.6. The maximum absolute atomic E-state index is 14.7. The van der Waals surface area contributed by atoms with Gasteiger partial charge in [0.25, 0.3) is 0 Å². The first-order valence-electron chi connectivity index (χ1n) is 10.6. The van der Waals surface area contributed by atoms with Crippen LogP contribution in [0.3, 0.4) is 0 Å². The van der Waals surface area contributed by atoms with Gasteiger partial charge in [-0.3, -0.25) is 9.97 Å². The molecule has 196 valence electrons. The third-order valence-electron chi connectivity index (χ3n) is 5.19. The SMILES string of the molecule is COC(=O)c1scc(NC(=O)Nc2cc(OCc3c(F)ccc4nccnc34)c(OC)cc2F)c1C(=O)O. The maximum Gasteiger partial charge on any atom is 0.349 e. The van der Waals surface area contributed by atoms with E-state index >= 15 is 0 Å². The molecular formula is C24H18F2N4O7S. The van der Waals surface area contributed by atoms with Crippen molar-refractivity contribution in [2.24, 2.45) is 0 Å². The van der Waals surface area contributed by atoms with E-state index in [0.717, 1.165) is 30.6 Å². The van der Waals surface area contributed by atoms with Crippen LogP contribution in [-0.4, -0.2) is 47.3 Å². The Morgan fingerprint density at radius 2 is 1.74 bits per heavy atom. The van der Waals surface area contributed by atoms with Gasteiger partial charge in [0.1, 0.15) is 22.9 Å². The van der Waals surface area contributed by atoms with Crippen molar-refractivity contribution in [1.29, 1.82) is 0 Å².